The smallest absolute Gasteiger partial charge is 0.191 e. The zero-order valence-corrected chi connectivity index (χ0v) is 14.1. The zero-order chi connectivity index (χ0) is 16.8. The highest BCUT2D eigenvalue weighted by molar-refractivity contribution is 5.79. The second-order valence-electron chi connectivity index (χ2n) is 6.30. The molecule has 0 atom stereocenters. The molecule has 1 saturated carbocycles. The summed E-state index contributed by atoms with van der Waals surface area (Å²) in [6, 6.07) is 11.1. The monoisotopic (exact) mass is 328 g/mol. The molecular formula is C19H25FN4. The first-order chi connectivity index (χ1) is 11.7. The number of halogens is 1. The lowest BCUT2D eigenvalue weighted by atomic mass is 9.95. The second-order valence-corrected chi connectivity index (χ2v) is 6.30. The van der Waals surface area contributed by atoms with E-state index in [2.05, 4.69) is 15.2 Å². The van der Waals surface area contributed by atoms with Gasteiger partial charge in [0.1, 0.15) is 5.82 Å². The summed E-state index contributed by atoms with van der Waals surface area (Å²) in [6.07, 6.45) is 6.09. The van der Waals surface area contributed by atoms with Crippen LogP contribution in [0.25, 0.3) is 0 Å². The zero-order valence-electron chi connectivity index (χ0n) is 14.1. The number of rotatable bonds is 7. The van der Waals surface area contributed by atoms with Crippen LogP contribution in [0.4, 0.5) is 4.39 Å². The molecule has 5 heteroatoms. The molecule has 1 aromatic heterocycles. The van der Waals surface area contributed by atoms with Crippen molar-refractivity contribution in [2.45, 2.75) is 31.7 Å². The van der Waals surface area contributed by atoms with Gasteiger partial charge in [-0.1, -0.05) is 18.2 Å². The summed E-state index contributed by atoms with van der Waals surface area (Å²) in [4.78, 5) is 4.70. The molecule has 2 aromatic rings. The molecule has 24 heavy (non-hydrogen) atoms. The Bertz CT molecular complexity index is 674. The van der Waals surface area contributed by atoms with Crippen LogP contribution in [0.1, 0.15) is 25.3 Å². The number of benzene rings is 1. The third-order valence-corrected chi connectivity index (χ3v) is 4.51. The summed E-state index contributed by atoms with van der Waals surface area (Å²) in [7, 11) is 0. The van der Waals surface area contributed by atoms with Crippen LogP contribution in [0, 0.1) is 5.82 Å². The minimum absolute atomic E-state index is 0.115. The SMILES string of the molecule is CCNC(=NCC1(c2ccccc2F)CC1)NCCn1cccc1. The van der Waals surface area contributed by atoms with Crippen molar-refractivity contribution in [3.8, 4) is 0 Å². The van der Waals surface area contributed by atoms with Gasteiger partial charge in [-0.05, 0) is 43.5 Å². The quantitative estimate of drug-likeness (QED) is 0.606. The van der Waals surface area contributed by atoms with Crippen LogP contribution in [0.15, 0.2) is 53.8 Å². The molecule has 1 aromatic carbocycles. The Labute approximate surface area is 142 Å². The van der Waals surface area contributed by atoms with E-state index in [4.69, 9.17) is 4.99 Å². The summed E-state index contributed by atoms with van der Waals surface area (Å²) in [5, 5.41) is 6.61. The maximum atomic E-state index is 14.1. The number of guanidine groups is 1. The molecule has 0 spiro atoms. The highest BCUT2D eigenvalue weighted by Crippen LogP contribution is 2.49. The minimum atomic E-state index is -0.117. The third kappa shape index (κ3) is 3.96. The van der Waals surface area contributed by atoms with E-state index >= 15 is 0 Å². The fourth-order valence-corrected chi connectivity index (χ4v) is 2.95. The molecule has 1 fully saturated rings. The average molecular weight is 328 g/mol. The van der Waals surface area contributed by atoms with Gasteiger partial charge in [-0.25, -0.2) is 4.39 Å². The lowest BCUT2D eigenvalue weighted by Crippen LogP contribution is -2.39. The van der Waals surface area contributed by atoms with Crippen LogP contribution in [0.2, 0.25) is 0 Å². The van der Waals surface area contributed by atoms with Gasteiger partial charge in [0.15, 0.2) is 5.96 Å². The molecule has 0 unspecified atom stereocenters. The van der Waals surface area contributed by atoms with Crippen LogP contribution in [0.5, 0.6) is 0 Å². The fraction of sp³-hybridized carbons (Fsp3) is 0.421. The first kappa shape index (κ1) is 16.6. The molecule has 1 aliphatic carbocycles. The van der Waals surface area contributed by atoms with E-state index in [0.29, 0.717) is 6.54 Å². The average Bonchev–Trinajstić information content (AvgIpc) is 3.19. The predicted molar refractivity (Wildman–Crippen MR) is 95.7 cm³/mol. The lowest BCUT2D eigenvalue weighted by Gasteiger charge is -2.16. The number of aliphatic imine (C=N–C) groups is 1. The van der Waals surface area contributed by atoms with E-state index < -0.39 is 0 Å². The molecule has 0 amide bonds. The molecule has 1 heterocycles. The van der Waals surface area contributed by atoms with Crippen LogP contribution < -0.4 is 10.6 Å². The van der Waals surface area contributed by atoms with Gasteiger partial charge in [0.2, 0.25) is 0 Å². The minimum Gasteiger partial charge on any atom is -0.357 e. The van der Waals surface area contributed by atoms with Crippen molar-refractivity contribution in [2.24, 2.45) is 4.99 Å². The van der Waals surface area contributed by atoms with Crippen molar-refractivity contribution in [1.29, 1.82) is 0 Å². The standard InChI is InChI=1S/C19H25FN4/c1-2-21-18(22-11-14-24-12-5-6-13-24)23-15-19(9-10-19)16-7-3-4-8-17(16)20/h3-8,12-13H,2,9-11,14-15H2,1H3,(H2,21,22,23). The first-order valence-electron chi connectivity index (χ1n) is 8.61. The molecule has 128 valence electrons. The van der Waals surface area contributed by atoms with Crippen molar-refractivity contribution < 1.29 is 4.39 Å². The van der Waals surface area contributed by atoms with Crippen molar-refractivity contribution in [2.75, 3.05) is 19.6 Å². The summed E-state index contributed by atoms with van der Waals surface area (Å²) in [6.45, 7) is 5.16. The number of nitrogens with one attached hydrogen (secondary N) is 2. The molecule has 0 bridgehead atoms. The van der Waals surface area contributed by atoms with Crippen molar-refractivity contribution in [3.05, 3.63) is 60.2 Å². The normalized spacial score (nSPS) is 16.0. The highest BCUT2D eigenvalue weighted by atomic mass is 19.1. The van der Waals surface area contributed by atoms with Crippen LogP contribution in [-0.2, 0) is 12.0 Å². The van der Waals surface area contributed by atoms with Gasteiger partial charge in [-0.15, -0.1) is 0 Å². The van der Waals surface area contributed by atoms with Crippen molar-refractivity contribution >= 4 is 5.96 Å². The first-order valence-corrected chi connectivity index (χ1v) is 8.61. The van der Waals surface area contributed by atoms with E-state index in [9.17, 15) is 4.39 Å². The number of hydrogen-bond acceptors (Lipinski definition) is 1. The molecular weight excluding hydrogens is 303 g/mol. The lowest BCUT2D eigenvalue weighted by molar-refractivity contribution is 0.571. The van der Waals surface area contributed by atoms with Gasteiger partial charge < -0.3 is 15.2 Å². The Balaban J connectivity index is 1.60. The Hall–Kier alpha value is -2.30. The maximum Gasteiger partial charge on any atom is 0.191 e. The summed E-state index contributed by atoms with van der Waals surface area (Å²) in [5.74, 6) is 0.683. The Kier molecular flexibility index (Phi) is 5.18. The maximum absolute atomic E-state index is 14.1. The summed E-state index contributed by atoms with van der Waals surface area (Å²) < 4.78 is 16.2. The Morgan fingerprint density at radius 2 is 1.92 bits per heavy atom. The van der Waals surface area contributed by atoms with E-state index in [1.165, 1.54) is 0 Å². The van der Waals surface area contributed by atoms with Gasteiger partial charge in [-0.3, -0.25) is 4.99 Å². The highest BCUT2D eigenvalue weighted by Gasteiger charge is 2.45. The van der Waals surface area contributed by atoms with Crippen LogP contribution >= 0.6 is 0 Å². The second kappa shape index (κ2) is 7.51. The topological polar surface area (TPSA) is 41.4 Å². The molecule has 0 radical (unpaired) electrons. The Morgan fingerprint density at radius 1 is 1.17 bits per heavy atom. The van der Waals surface area contributed by atoms with Gasteiger partial charge in [0, 0.05) is 37.4 Å². The largest absolute Gasteiger partial charge is 0.357 e. The van der Waals surface area contributed by atoms with E-state index in [-0.39, 0.29) is 11.2 Å². The van der Waals surface area contributed by atoms with E-state index in [0.717, 1.165) is 44.0 Å². The fourth-order valence-electron chi connectivity index (χ4n) is 2.95. The number of aromatic nitrogens is 1. The summed E-state index contributed by atoms with van der Waals surface area (Å²) >= 11 is 0. The summed E-state index contributed by atoms with van der Waals surface area (Å²) in [5.41, 5.74) is 0.686. The van der Waals surface area contributed by atoms with Gasteiger partial charge in [0.05, 0.1) is 6.54 Å². The molecule has 4 nitrogen and oxygen atoms in total. The Morgan fingerprint density at radius 3 is 2.58 bits per heavy atom. The van der Waals surface area contributed by atoms with E-state index in [1.807, 2.05) is 43.6 Å². The molecule has 0 aliphatic heterocycles. The number of hydrogen-bond donors (Lipinski definition) is 2. The molecule has 1 aliphatic rings. The molecule has 2 N–H and O–H groups in total. The van der Waals surface area contributed by atoms with E-state index in [1.54, 1.807) is 12.1 Å². The van der Waals surface area contributed by atoms with Gasteiger partial charge in [0.25, 0.3) is 0 Å². The van der Waals surface area contributed by atoms with Crippen molar-refractivity contribution in [3.63, 3.8) is 0 Å². The van der Waals surface area contributed by atoms with Gasteiger partial charge in [-0.2, -0.15) is 0 Å². The van der Waals surface area contributed by atoms with Crippen LogP contribution in [-0.4, -0.2) is 30.2 Å². The van der Waals surface area contributed by atoms with Crippen LogP contribution in [0.3, 0.4) is 0 Å². The predicted octanol–water partition coefficient (Wildman–Crippen LogP) is 2.91. The third-order valence-electron chi connectivity index (χ3n) is 4.51. The molecule has 3 rings (SSSR count). The molecule has 0 saturated heterocycles. The van der Waals surface area contributed by atoms with Crippen molar-refractivity contribution in [1.82, 2.24) is 15.2 Å². The number of nitrogens with zero attached hydrogens (tertiary/aromatic N) is 2. The van der Waals surface area contributed by atoms with Gasteiger partial charge >= 0.3 is 0 Å².